The van der Waals surface area contributed by atoms with Crippen molar-refractivity contribution in [2.45, 2.75) is 0 Å². The lowest BCUT2D eigenvalue weighted by molar-refractivity contribution is 0.109. The van der Waals surface area contributed by atoms with E-state index in [1.807, 2.05) is 0 Å². The lowest BCUT2D eigenvalue weighted by Crippen LogP contribution is -1.82. The molecule has 5 heteroatoms. The Kier molecular flexibility index (Phi) is 3.17. The summed E-state index contributed by atoms with van der Waals surface area (Å²) >= 11 is 11.6. The minimum absolute atomic E-state index is 0.195. The standard InChI is InChI=1S/C11H6Cl2O3/c12-7-1-3-10(9(13)5-7)16-11-4-2-8(6-14)15-11/h1-6H. The summed E-state index contributed by atoms with van der Waals surface area (Å²) < 4.78 is 10.4. The molecule has 0 radical (unpaired) electrons. The molecule has 0 unspecified atom stereocenters. The minimum atomic E-state index is 0.195. The zero-order chi connectivity index (χ0) is 11.5. The van der Waals surface area contributed by atoms with Crippen LogP contribution in [0.5, 0.6) is 11.7 Å². The van der Waals surface area contributed by atoms with Crippen LogP contribution < -0.4 is 4.74 Å². The molecule has 0 aliphatic carbocycles. The van der Waals surface area contributed by atoms with Crippen LogP contribution in [0.3, 0.4) is 0 Å². The molecule has 0 bridgehead atoms. The predicted molar refractivity (Wildman–Crippen MR) is 60.6 cm³/mol. The molecule has 0 saturated heterocycles. The van der Waals surface area contributed by atoms with Crippen molar-refractivity contribution >= 4 is 29.5 Å². The molecule has 2 rings (SSSR count). The number of rotatable bonds is 3. The van der Waals surface area contributed by atoms with Crippen LogP contribution in [0.4, 0.5) is 0 Å². The molecule has 1 aromatic carbocycles. The fourth-order valence-corrected chi connectivity index (χ4v) is 1.57. The highest BCUT2D eigenvalue weighted by Gasteiger charge is 2.07. The quantitative estimate of drug-likeness (QED) is 0.774. The zero-order valence-electron chi connectivity index (χ0n) is 7.94. The third-order valence-corrected chi connectivity index (χ3v) is 2.35. The van der Waals surface area contributed by atoms with Gasteiger partial charge in [0.1, 0.15) is 5.75 Å². The molecule has 1 heterocycles. The van der Waals surface area contributed by atoms with Crippen molar-refractivity contribution in [3.8, 4) is 11.7 Å². The van der Waals surface area contributed by atoms with Gasteiger partial charge < -0.3 is 9.15 Å². The molecule has 82 valence electrons. The van der Waals surface area contributed by atoms with E-state index in [0.717, 1.165) is 0 Å². The average molecular weight is 257 g/mol. The van der Waals surface area contributed by atoms with E-state index in [1.54, 1.807) is 18.2 Å². The van der Waals surface area contributed by atoms with Crippen molar-refractivity contribution in [2.75, 3.05) is 0 Å². The van der Waals surface area contributed by atoms with E-state index in [4.69, 9.17) is 32.4 Å². The molecule has 1 aromatic heterocycles. The Hall–Kier alpha value is -1.45. The van der Waals surface area contributed by atoms with Crippen molar-refractivity contribution in [3.05, 3.63) is 46.1 Å². The Morgan fingerprint density at radius 2 is 2.00 bits per heavy atom. The number of aldehydes is 1. The van der Waals surface area contributed by atoms with Crippen LogP contribution in [-0.2, 0) is 0 Å². The van der Waals surface area contributed by atoms with Crippen molar-refractivity contribution in [2.24, 2.45) is 0 Å². The van der Waals surface area contributed by atoms with Gasteiger partial charge in [0.2, 0.25) is 0 Å². The van der Waals surface area contributed by atoms with Gasteiger partial charge in [-0.25, -0.2) is 0 Å². The van der Waals surface area contributed by atoms with E-state index in [2.05, 4.69) is 0 Å². The van der Waals surface area contributed by atoms with Crippen molar-refractivity contribution in [1.29, 1.82) is 0 Å². The Morgan fingerprint density at radius 1 is 1.19 bits per heavy atom. The highest BCUT2D eigenvalue weighted by molar-refractivity contribution is 6.35. The normalized spacial score (nSPS) is 10.1. The summed E-state index contributed by atoms with van der Waals surface area (Å²) in [6, 6.07) is 7.86. The monoisotopic (exact) mass is 256 g/mol. The molecule has 0 saturated carbocycles. The summed E-state index contributed by atoms with van der Waals surface area (Å²) in [7, 11) is 0. The highest BCUT2D eigenvalue weighted by atomic mass is 35.5. The van der Waals surface area contributed by atoms with E-state index in [0.29, 0.717) is 22.1 Å². The molecule has 3 nitrogen and oxygen atoms in total. The zero-order valence-corrected chi connectivity index (χ0v) is 9.46. The number of halogens is 2. The first-order valence-electron chi connectivity index (χ1n) is 4.37. The van der Waals surface area contributed by atoms with Gasteiger partial charge in [0, 0.05) is 11.1 Å². The molecule has 0 N–H and O–H groups in total. The largest absolute Gasteiger partial charge is 0.424 e. The van der Waals surface area contributed by atoms with E-state index in [-0.39, 0.29) is 11.7 Å². The summed E-state index contributed by atoms with van der Waals surface area (Å²) in [6.45, 7) is 0. The number of furan rings is 1. The fraction of sp³-hybridized carbons (Fsp3) is 0. The summed E-state index contributed by atoms with van der Waals surface area (Å²) in [6.07, 6.45) is 0.594. The number of hydrogen-bond acceptors (Lipinski definition) is 3. The van der Waals surface area contributed by atoms with Crippen LogP contribution in [0, 0.1) is 0 Å². The molecule has 16 heavy (non-hydrogen) atoms. The summed E-state index contributed by atoms with van der Waals surface area (Å²) in [5.41, 5.74) is 0. The molecule has 2 aromatic rings. The van der Waals surface area contributed by atoms with Gasteiger partial charge in [0.25, 0.3) is 5.95 Å². The highest BCUT2D eigenvalue weighted by Crippen LogP contribution is 2.32. The van der Waals surface area contributed by atoms with E-state index in [9.17, 15) is 4.79 Å². The Labute approximate surface area is 102 Å². The number of benzene rings is 1. The molecule has 0 amide bonds. The third kappa shape index (κ3) is 2.38. The van der Waals surface area contributed by atoms with Gasteiger partial charge in [0.15, 0.2) is 12.0 Å². The Bertz CT molecular complexity index is 520. The Morgan fingerprint density at radius 3 is 2.62 bits per heavy atom. The van der Waals surface area contributed by atoms with E-state index < -0.39 is 0 Å². The first-order chi connectivity index (χ1) is 7.69. The first kappa shape index (κ1) is 11.0. The molecule has 0 aliphatic heterocycles. The first-order valence-corrected chi connectivity index (χ1v) is 5.12. The third-order valence-electron chi connectivity index (χ3n) is 1.82. The minimum Gasteiger partial charge on any atom is -0.424 e. The van der Waals surface area contributed by atoms with Crippen LogP contribution in [0.1, 0.15) is 10.6 Å². The lowest BCUT2D eigenvalue weighted by atomic mass is 10.3. The van der Waals surface area contributed by atoms with Crippen LogP contribution in [0.15, 0.2) is 34.7 Å². The maximum atomic E-state index is 10.4. The number of ether oxygens (including phenoxy) is 1. The topological polar surface area (TPSA) is 39.4 Å². The SMILES string of the molecule is O=Cc1ccc(Oc2ccc(Cl)cc2Cl)o1. The number of carbonyl (C=O) groups is 1. The van der Waals surface area contributed by atoms with Gasteiger partial charge in [-0.3, -0.25) is 4.79 Å². The van der Waals surface area contributed by atoms with Crippen LogP contribution in [-0.4, -0.2) is 6.29 Å². The van der Waals surface area contributed by atoms with Gasteiger partial charge >= 0.3 is 0 Å². The fourth-order valence-electron chi connectivity index (χ4n) is 1.12. The predicted octanol–water partition coefficient (Wildman–Crippen LogP) is 4.19. The van der Waals surface area contributed by atoms with Crippen molar-refractivity contribution in [3.63, 3.8) is 0 Å². The van der Waals surface area contributed by atoms with Gasteiger partial charge in [0.05, 0.1) is 5.02 Å². The van der Waals surface area contributed by atoms with Crippen LogP contribution >= 0.6 is 23.2 Å². The number of hydrogen-bond donors (Lipinski definition) is 0. The summed E-state index contributed by atoms with van der Waals surface area (Å²) in [5, 5.41) is 0.891. The second kappa shape index (κ2) is 4.60. The molecular formula is C11H6Cl2O3. The molecule has 0 spiro atoms. The van der Waals surface area contributed by atoms with Crippen molar-refractivity contribution in [1.82, 2.24) is 0 Å². The van der Waals surface area contributed by atoms with E-state index in [1.165, 1.54) is 12.1 Å². The van der Waals surface area contributed by atoms with Crippen molar-refractivity contribution < 1.29 is 13.9 Å². The second-order valence-corrected chi connectivity index (χ2v) is 3.80. The van der Waals surface area contributed by atoms with Gasteiger partial charge in [-0.15, -0.1) is 0 Å². The molecule has 0 fully saturated rings. The summed E-state index contributed by atoms with van der Waals surface area (Å²) in [5.74, 6) is 0.810. The van der Waals surface area contributed by atoms with Gasteiger partial charge in [-0.05, 0) is 24.3 Å². The maximum Gasteiger partial charge on any atom is 0.290 e. The molecular weight excluding hydrogens is 251 g/mol. The maximum absolute atomic E-state index is 10.4. The van der Waals surface area contributed by atoms with Gasteiger partial charge in [-0.2, -0.15) is 0 Å². The molecule has 0 atom stereocenters. The van der Waals surface area contributed by atoms with Crippen LogP contribution in [0.2, 0.25) is 10.0 Å². The van der Waals surface area contributed by atoms with Crippen LogP contribution in [0.25, 0.3) is 0 Å². The summed E-state index contributed by atoms with van der Waals surface area (Å²) in [4.78, 5) is 10.4. The Balaban J connectivity index is 2.23. The van der Waals surface area contributed by atoms with E-state index >= 15 is 0 Å². The number of carbonyl (C=O) groups excluding carboxylic acids is 1. The lowest BCUT2D eigenvalue weighted by Gasteiger charge is -2.03. The smallest absolute Gasteiger partial charge is 0.290 e. The average Bonchev–Trinajstić information content (AvgIpc) is 2.70. The molecule has 0 aliphatic rings. The van der Waals surface area contributed by atoms with Gasteiger partial charge in [-0.1, -0.05) is 23.2 Å². The second-order valence-electron chi connectivity index (χ2n) is 2.95.